The molecule has 0 heterocycles. The molecule has 0 spiro atoms. The molecule has 21 heavy (non-hydrogen) atoms. The van der Waals surface area contributed by atoms with Crippen LogP contribution in [-0.2, 0) is 6.42 Å². The van der Waals surface area contributed by atoms with E-state index in [1.165, 1.54) is 5.56 Å². The molecule has 2 nitrogen and oxygen atoms in total. The smallest absolute Gasteiger partial charge is 0.125 e. The molecule has 2 aromatic carbocycles. The van der Waals surface area contributed by atoms with Crippen molar-refractivity contribution in [3.05, 3.63) is 65.2 Å². The summed E-state index contributed by atoms with van der Waals surface area (Å²) in [6.45, 7) is 4.50. The van der Waals surface area contributed by atoms with Crippen LogP contribution in [0.1, 0.15) is 42.6 Å². The van der Waals surface area contributed by atoms with E-state index in [9.17, 15) is 5.11 Å². The Morgan fingerprint density at radius 2 is 1.81 bits per heavy atom. The average Bonchev–Trinajstić information content (AvgIpc) is 2.48. The molecule has 2 aromatic rings. The Labute approximate surface area is 127 Å². The normalized spacial score (nSPS) is 12.1. The number of unbranched alkanes of at least 4 members (excludes halogenated alkanes) is 1. The summed E-state index contributed by atoms with van der Waals surface area (Å²) in [5, 5.41) is 9.77. The maximum absolute atomic E-state index is 9.77. The molecule has 2 rings (SSSR count). The molecule has 1 N–H and O–H groups in total. The molecule has 0 unspecified atom stereocenters. The summed E-state index contributed by atoms with van der Waals surface area (Å²) in [6.07, 6.45) is 2.72. The summed E-state index contributed by atoms with van der Waals surface area (Å²) in [5.74, 6) is 0.810. The summed E-state index contributed by atoms with van der Waals surface area (Å²) < 4.78 is 5.86. The van der Waals surface area contributed by atoms with Gasteiger partial charge in [-0.2, -0.15) is 0 Å². The molecule has 0 radical (unpaired) electrons. The monoisotopic (exact) mass is 284 g/mol. The van der Waals surface area contributed by atoms with E-state index in [1.54, 1.807) is 6.92 Å². The number of aryl methyl sites for hydroxylation is 2. The standard InChI is InChI=1S/C19H24O2/c1-15-11-12-18(16(2)20)19(14-15)21-13-7-6-10-17-8-4-3-5-9-17/h3-5,8-9,11-12,14,16,20H,6-7,10,13H2,1-2H3/t16-/m1/s1. The molecule has 112 valence electrons. The highest BCUT2D eigenvalue weighted by molar-refractivity contribution is 5.38. The lowest BCUT2D eigenvalue weighted by atomic mass is 10.1. The van der Waals surface area contributed by atoms with Crippen molar-refractivity contribution in [3.63, 3.8) is 0 Å². The number of rotatable bonds is 7. The number of benzene rings is 2. The molecule has 0 aliphatic rings. The molecular formula is C19H24O2. The van der Waals surface area contributed by atoms with E-state index in [1.807, 2.05) is 31.2 Å². The molecule has 0 bridgehead atoms. The lowest BCUT2D eigenvalue weighted by molar-refractivity contribution is 0.190. The highest BCUT2D eigenvalue weighted by atomic mass is 16.5. The lowest BCUT2D eigenvalue weighted by Gasteiger charge is -2.14. The second-order valence-electron chi connectivity index (χ2n) is 5.51. The van der Waals surface area contributed by atoms with Gasteiger partial charge < -0.3 is 9.84 Å². The van der Waals surface area contributed by atoms with Crippen LogP contribution in [0.2, 0.25) is 0 Å². The fourth-order valence-electron chi connectivity index (χ4n) is 2.37. The number of aliphatic hydroxyl groups excluding tert-OH is 1. The average molecular weight is 284 g/mol. The number of ether oxygens (including phenoxy) is 1. The van der Waals surface area contributed by atoms with Crippen LogP contribution >= 0.6 is 0 Å². The highest BCUT2D eigenvalue weighted by Crippen LogP contribution is 2.26. The van der Waals surface area contributed by atoms with E-state index in [2.05, 4.69) is 24.3 Å². The van der Waals surface area contributed by atoms with Crippen molar-refractivity contribution in [2.24, 2.45) is 0 Å². The predicted octanol–water partition coefficient (Wildman–Crippen LogP) is 4.45. The minimum atomic E-state index is -0.495. The highest BCUT2D eigenvalue weighted by Gasteiger charge is 2.09. The van der Waals surface area contributed by atoms with Crippen LogP contribution in [0.5, 0.6) is 5.75 Å². The van der Waals surface area contributed by atoms with E-state index >= 15 is 0 Å². The first kappa shape index (κ1) is 15.6. The van der Waals surface area contributed by atoms with Crippen molar-refractivity contribution in [3.8, 4) is 5.75 Å². The van der Waals surface area contributed by atoms with Gasteiger partial charge >= 0.3 is 0 Å². The van der Waals surface area contributed by atoms with Gasteiger partial charge in [-0.15, -0.1) is 0 Å². The molecular weight excluding hydrogens is 260 g/mol. The summed E-state index contributed by atoms with van der Waals surface area (Å²) in [5.41, 5.74) is 3.39. The van der Waals surface area contributed by atoms with Crippen molar-refractivity contribution < 1.29 is 9.84 Å². The Kier molecular flexibility index (Phi) is 5.82. The van der Waals surface area contributed by atoms with Gasteiger partial charge in [0.25, 0.3) is 0 Å². The van der Waals surface area contributed by atoms with Gasteiger partial charge in [0.1, 0.15) is 5.75 Å². The van der Waals surface area contributed by atoms with Gasteiger partial charge in [0.2, 0.25) is 0 Å². The number of hydrogen-bond donors (Lipinski definition) is 1. The van der Waals surface area contributed by atoms with Gasteiger partial charge in [0.05, 0.1) is 12.7 Å². The maximum Gasteiger partial charge on any atom is 0.125 e. The first-order valence-corrected chi connectivity index (χ1v) is 7.62. The van der Waals surface area contributed by atoms with Crippen molar-refractivity contribution >= 4 is 0 Å². The van der Waals surface area contributed by atoms with Crippen molar-refractivity contribution in [1.29, 1.82) is 0 Å². The van der Waals surface area contributed by atoms with E-state index in [0.717, 1.165) is 36.1 Å². The first-order chi connectivity index (χ1) is 10.2. The molecule has 0 fully saturated rings. The van der Waals surface area contributed by atoms with Crippen LogP contribution in [0, 0.1) is 6.92 Å². The summed E-state index contributed by atoms with van der Waals surface area (Å²) in [7, 11) is 0. The van der Waals surface area contributed by atoms with Gasteiger partial charge in [0.15, 0.2) is 0 Å². The second-order valence-corrected chi connectivity index (χ2v) is 5.51. The fourth-order valence-corrected chi connectivity index (χ4v) is 2.37. The Bertz CT molecular complexity index is 547. The zero-order chi connectivity index (χ0) is 15.1. The number of hydrogen-bond acceptors (Lipinski definition) is 2. The van der Waals surface area contributed by atoms with Crippen LogP contribution in [0.25, 0.3) is 0 Å². The van der Waals surface area contributed by atoms with Crippen molar-refractivity contribution in [2.45, 2.75) is 39.2 Å². The summed E-state index contributed by atoms with van der Waals surface area (Å²) >= 11 is 0. The quantitative estimate of drug-likeness (QED) is 0.761. The van der Waals surface area contributed by atoms with Crippen LogP contribution in [0.4, 0.5) is 0 Å². The number of aliphatic hydroxyl groups is 1. The molecule has 0 aliphatic heterocycles. The molecule has 0 saturated heterocycles. The molecule has 0 amide bonds. The summed E-state index contributed by atoms with van der Waals surface area (Å²) in [4.78, 5) is 0. The molecule has 1 atom stereocenters. The molecule has 0 aromatic heterocycles. The predicted molar refractivity (Wildman–Crippen MR) is 86.7 cm³/mol. The zero-order valence-electron chi connectivity index (χ0n) is 12.9. The van der Waals surface area contributed by atoms with E-state index < -0.39 is 6.10 Å². The second kappa shape index (κ2) is 7.84. The lowest BCUT2D eigenvalue weighted by Crippen LogP contribution is -2.03. The van der Waals surface area contributed by atoms with Crippen molar-refractivity contribution in [1.82, 2.24) is 0 Å². The Hall–Kier alpha value is -1.80. The molecule has 0 saturated carbocycles. The van der Waals surface area contributed by atoms with Gasteiger partial charge in [-0.25, -0.2) is 0 Å². The SMILES string of the molecule is Cc1ccc([C@@H](C)O)c(OCCCCc2ccccc2)c1. The molecule has 2 heteroatoms. The third-order valence-corrected chi connectivity index (χ3v) is 3.58. The topological polar surface area (TPSA) is 29.5 Å². The zero-order valence-corrected chi connectivity index (χ0v) is 12.9. The Balaban J connectivity index is 1.79. The first-order valence-electron chi connectivity index (χ1n) is 7.62. The van der Waals surface area contributed by atoms with Crippen LogP contribution in [-0.4, -0.2) is 11.7 Å². The summed E-state index contributed by atoms with van der Waals surface area (Å²) in [6, 6.07) is 16.5. The Morgan fingerprint density at radius 3 is 2.52 bits per heavy atom. The minimum Gasteiger partial charge on any atom is -0.493 e. The largest absolute Gasteiger partial charge is 0.493 e. The van der Waals surface area contributed by atoms with Crippen LogP contribution < -0.4 is 4.74 Å². The van der Waals surface area contributed by atoms with Gasteiger partial charge in [0, 0.05) is 5.56 Å². The Morgan fingerprint density at radius 1 is 1.05 bits per heavy atom. The maximum atomic E-state index is 9.77. The van der Waals surface area contributed by atoms with Crippen molar-refractivity contribution in [2.75, 3.05) is 6.61 Å². The van der Waals surface area contributed by atoms with E-state index in [0.29, 0.717) is 6.61 Å². The van der Waals surface area contributed by atoms with Gasteiger partial charge in [-0.1, -0.05) is 42.5 Å². The third kappa shape index (κ3) is 4.91. The third-order valence-electron chi connectivity index (χ3n) is 3.58. The molecule has 0 aliphatic carbocycles. The van der Waals surface area contributed by atoms with Gasteiger partial charge in [-0.3, -0.25) is 0 Å². The fraction of sp³-hybridized carbons (Fsp3) is 0.368. The van der Waals surface area contributed by atoms with E-state index in [4.69, 9.17) is 4.74 Å². The van der Waals surface area contributed by atoms with Crippen LogP contribution in [0.15, 0.2) is 48.5 Å². The van der Waals surface area contributed by atoms with E-state index in [-0.39, 0.29) is 0 Å². The van der Waals surface area contributed by atoms with Crippen LogP contribution in [0.3, 0.4) is 0 Å². The minimum absolute atomic E-state index is 0.495. The van der Waals surface area contributed by atoms with Gasteiger partial charge in [-0.05, 0) is 50.3 Å².